The zero-order valence-corrected chi connectivity index (χ0v) is 37.7. The Morgan fingerprint density at radius 1 is 0.406 bits per heavy atom. The first-order valence-corrected chi connectivity index (χ1v) is 20.5. The second kappa shape index (κ2) is 21.0. The number of ether oxygens (including phenoxy) is 3. The van der Waals surface area contributed by atoms with E-state index in [-0.39, 0.29) is 12.5 Å². The Morgan fingerprint density at radius 2 is 0.768 bits per heavy atom. The maximum absolute atomic E-state index is 13.2. The number of benzene rings is 4. The predicted octanol–water partition coefficient (Wildman–Crippen LogP) is 16.3. The monoisotopic (exact) mass is 1020 g/mol. The van der Waals surface area contributed by atoms with Crippen LogP contribution in [0.25, 0.3) is 11.1 Å². The van der Waals surface area contributed by atoms with Crippen LogP contribution in [-0.4, -0.2) is 68.0 Å². The van der Waals surface area contributed by atoms with Crippen molar-refractivity contribution in [2.45, 2.75) is 133 Å². The van der Waals surface area contributed by atoms with Crippen LogP contribution in [0.5, 0.6) is 0 Å². The lowest BCUT2D eigenvalue weighted by molar-refractivity contribution is -0.544. The summed E-state index contributed by atoms with van der Waals surface area (Å²) in [6.45, 7) is 10.6. The van der Waals surface area contributed by atoms with Gasteiger partial charge >= 0.3 is 54.3 Å². The zero-order valence-electron chi connectivity index (χ0n) is 37.7. The van der Waals surface area contributed by atoms with E-state index in [1.54, 1.807) is 0 Å². The maximum atomic E-state index is 13.2. The van der Waals surface area contributed by atoms with E-state index in [0.717, 1.165) is 0 Å². The van der Waals surface area contributed by atoms with Crippen molar-refractivity contribution >= 4 is 0 Å². The Morgan fingerprint density at radius 3 is 1.12 bits per heavy atom. The largest absolute Gasteiger partial charge is 0.460 e. The summed E-state index contributed by atoms with van der Waals surface area (Å²) in [5, 5.41) is 0. The van der Waals surface area contributed by atoms with Crippen LogP contribution in [0.1, 0.15) is 76.6 Å². The molecule has 3 nitrogen and oxygen atoms in total. The Balaban J connectivity index is 0.000000294. The Bertz CT molecular complexity index is 2200. The molecule has 0 radical (unpaired) electrons. The van der Waals surface area contributed by atoms with Crippen LogP contribution in [0.2, 0.25) is 0 Å². The van der Waals surface area contributed by atoms with Crippen LogP contribution in [0, 0.1) is 41.5 Å². The van der Waals surface area contributed by atoms with E-state index in [0.29, 0.717) is 0 Å². The van der Waals surface area contributed by atoms with Gasteiger partial charge in [0, 0.05) is 12.5 Å². The fourth-order valence-electron chi connectivity index (χ4n) is 6.97. The second-order valence-electron chi connectivity index (χ2n) is 16.6. The van der Waals surface area contributed by atoms with Gasteiger partial charge in [-0.25, -0.2) is 9.47 Å². The number of aryl methyl sites for hydroxylation is 6. The average Bonchev–Trinajstić information content (AvgIpc) is 3.22. The van der Waals surface area contributed by atoms with E-state index < -0.39 is 60.9 Å². The van der Waals surface area contributed by atoms with Crippen molar-refractivity contribution in [2.75, 3.05) is 13.7 Å². The molecule has 1 aliphatic carbocycles. The fraction of sp³-hybridized carbons (Fsp3) is 0.489. The molecule has 0 atom stereocenters. The number of rotatable bonds is 14. The molecule has 386 valence electrons. The first kappa shape index (κ1) is 58.7. The van der Waals surface area contributed by atoms with Crippen molar-refractivity contribution < 1.29 is 97.6 Å². The van der Waals surface area contributed by atoms with E-state index in [1.807, 2.05) is 4.74 Å². The summed E-state index contributed by atoms with van der Waals surface area (Å²) >= 11 is 0. The number of hydrogen-bond donors (Lipinski definition) is 0. The van der Waals surface area contributed by atoms with Crippen molar-refractivity contribution in [1.29, 1.82) is 0 Å². The third-order valence-corrected chi connectivity index (χ3v) is 11.4. The Labute approximate surface area is 384 Å². The number of halogens is 19. The molecule has 5 rings (SSSR count). The van der Waals surface area contributed by atoms with Crippen molar-refractivity contribution in [3.05, 3.63) is 129 Å². The van der Waals surface area contributed by atoms with Crippen LogP contribution < -0.4 is 0 Å². The van der Waals surface area contributed by atoms with Gasteiger partial charge in [0.2, 0.25) is 0 Å². The van der Waals surface area contributed by atoms with Gasteiger partial charge in [-0.3, -0.25) is 0 Å². The van der Waals surface area contributed by atoms with Crippen molar-refractivity contribution in [3.8, 4) is 11.1 Å². The van der Waals surface area contributed by atoms with Crippen LogP contribution >= 0.6 is 0 Å². The summed E-state index contributed by atoms with van der Waals surface area (Å²) in [5.74, 6) is -34.0. The first-order valence-electron chi connectivity index (χ1n) is 20.5. The second-order valence-corrected chi connectivity index (χ2v) is 16.6. The lowest BCUT2D eigenvalue weighted by atomic mass is 9.65. The summed E-state index contributed by atoms with van der Waals surface area (Å²) in [6, 6.07) is 31.8. The van der Waals surface area contributed by atoms with Gasteiger partial charge in [-0.1, -0.05) is 115 Å². The molecule has 69 heavy (non-hydrogen) atoms. The lowest BCUT2D eigenvalue weighted by Gasteiger charge is -2.40. The van der Waals surface area contributed by atoms with Crippen LogP contribution in [0.3, 0.4) is 0 Å². The Kier molecular flexibility index (Phi) is 17.9. The van der Waals surface area contributed by atoms with E-state index >= 15 is 0 Å². The number of methoxy groups -OCH3 is 1. The Hall–Kier alpha value is -4.57. The third-order valence-electron chi connectivity index (χ3n) is 11.4. The van der Waals surface area contributed by atoms with Gasteiger partial charge in [-0.05, 0) is 98.9 Å². The highest BCUT2D eigenvalue weighted by Crippen LogP contribution is 2.61. The first-order chi connectivity index (χ1) is 31.3. The van der Waals surface area contributed by atoms with Crippen molar-refractivity contribution in [3.63, 3.8) is 0 Å². The van der Waals surface area contributed by atoms with Crippen molar-refractivity contribution in [2.24, 2.45) is 0 Å². The molecule has 4 aromatic rings. The van der Waals surface area contributed by atoms with E-state index in [4.69, 9.17) is 0 Å². The minimum absolute atomic E-state index is 0.250. The molecule has 1 aliphatic rings. The molecule has 0 bridgehead atoms. The quantitative estimate of drug-likeness (QED) is 0.118. The molecule has 0 heterocycles. The van der Waals surface area contributed by atoms with Gasteiger partial charge in [0.1, 0.15) is 6.61 Å². The summed E-state index contributed by atoms with van der Waals surface area (Å²) in [6.07, 6.45) is -29.6. The molecule has 0 aliphatic heterocycles. The van der Waals surface area contributed by atoms with Gasteiger partial charge in [0.15, 0.2) is 0 Å². The van der Waals surface area contributed by atoms with Gasteiger partial charge < -0.3 is 4.74 Å². The van der Waals surface area contributed by atoms with Crippen LogP contribution in [0.15, 0.2) is 84.9 Å². The van der Waals surface area contributed by atoms with Gasteiger partial charge in [-0.15, -0.1) is 0 Å². The van der Waals surface area contributed by atoms with E-state index in [2.05, 4.69) is 131 Å². The fourth-order valence-corrected chi connectivity index (χ4v) is 6.97. The highest BCUT2D eigenvalue weighted by molar-refractivity contribution is 5.66. The predicted molar refractivity (Wildman–Crippen MR) is 217 cm³/mol. The van der Waals surface area contributed by atoms with Crippen LogP contribution in [0.4, 0.5) is 83.4 Å². The average molecular weight is 1020 g/mol. The third kappa shape index (κ3) is 12.7. The molecule has 1 saturated carbocycles. The molecule has 0 amide bonds. The van der Waals surface area contributed by atoms with Gasteiger partial charge in [0.25, 0.3) is 0 Å². The van der Waals surface area contributed by atoms with E-state index in [1.165, 1.54) is 92.5 Å². The molecule has 0 spiro atoms. The smallest absolute Gasteiger partial charge is 0.376 e. The van der Waals surface area contributed by atoms with Crippen molar-refractivity contribution in [1.82, 2.24) is 0 Å². The molecule has 0 aromatic heterocycles. The topological polar surface area (TPSA) is 27.7 Å². The molecule has 4 aromatic carbocycles. The zero-order chi connectivity index (χ0) is 53.0. The molecule has 0 N–H and O–H groups in total. The molecular weight excluding hydrogens is 973 g/mol. The van der Waals surface area contributed by atoms with Crippen LogP contribution in [-0.2, 0) is 19.6 Å². The summed E-state index contributed by atoms with van der Waals surface area (Å²) in [7, 11) is 0.289. The standard InChI is InChI=1S/C20H24.C16H18.C11H5F19O3/c1-16-6-10-18(11-7-16)20(14-4-3-5-15-20)19-12-8-17(2)9-13-19;1-11-5-7-15(9-13(11)3)16-8-6-12(2)14(4)10-16;1-31-2-3(12,13)32-10(27,28)11(29,30)33-9(25,26)7(20,21)5(16,17)4(14,15)6(18,19)8(22,23)24/h6-13H,3-5,14-15H2,1-2H3;5-10H,1-4H3;2H2,1H3. The SMILES string of the molecule is COCC(F)(F)OC(F)(F)C(F)(F)OC(F)(F)C(F)(F)C(F)(F)C(F)(F)C(F)(F)C(F)(F)F.Cc1ccc(-c2ccc(C)c(C)c2)cc1C.Cc1ccc(C2(c3ccc(C)cc3)CCCCC2)cc1. The van der Waals surface area contributed by atoms with E-state index in [9.17, 15) is 83.4 Å². The molecule has 1 fully saturated rings. The van der Waals surface area contributed by atoms with Gasteiger partial charge in [-0.2, -0.15) is 83.4 Å². The normalized spacial score (nSPS) is 15.4. The molecule has 0 saturated heterocycles. The number of hydrogen-bond acceptors (Lipinski definition) is 3. The van der Waals surface area contributed by atoms with Gasteiger partial charge in [0.05, 0.1) is 0 Å². The highest BCUT2D eigenvalue weighted by atomic mass is 19.4. The molecular formula is C47H47F19O3. The molecule has 22 heteroatoms. The minimum atomic E-state index is -8.66. The number of alkyl halides is 19. The summed E-state index contributed by atoms with van der Waals surface area (Å²) in [5.41, 5.74) is 14.0. The minimum Gasteiger partial charge on any atom is -0.376 e. The lowest BCUT2D eigenvalue weighted by Crippen LogP contribution is -2.71. The summed E-state index contributed by atoms with van der Waals surface area (Å²) < 4.78 is 250. The molecule has 0 unspecified atom stereocenters. The maximum Gasteiger partial charge on any atom is 0.460 e. The highest BCUT2D eigenvalue weighted by Gasteiger charge is 2.92. The summed E-state index contributed by atoms with van der Waals surface area (Å²) in [4.78, 5) is 0.